The van der Waals surface area contributed by atoms with Crippen molar-refractivity contribution in [2.45, 2.75) is 0 Å². The molecule has 1 saturated carbocycles. The second-order valence-electron chi connectivity index (χ2n) is 6.58. The second-order valence-corrected chi connectivity index (χ2v) is 6.58. The zero-order valence-corrected chi connectivity index (χ0v) is 13.4. The van der Waals surface area contributed by atoms with Gasteiger partial charge in [0.05, 0.1) is 19.0 Å². The molecule has 0 radical (unpaired) electrons. The average molecular weight is 315 g/mol. The summed E-state index contributed by atoms with van der Waals surface area (Å²) in [6.45, 7) is 3.42. The Morgan fingerprint density at radius 3 is 2.96 bits per heavy atom. The number of H-pyrrole nitrogens is 1. The van der Waals surface area contributed by atoms with E-state index in [0.717, 1.165) is 36.5 Å². The fraction of sp³-hybridized carbons (Fsp3) is 0.562. The molecule has 3 heterocycles. The summed E-state index contributed by atoms with van der Waals surface area (Å²) < 4.78 is 4.74. The van der Waals surface area contributed by atoms with E-state index in [1.54, 1.807) is 6.33 Å². The van der Waals surface area contributed by atoms with Crippen LogP contribution in [-0.4, -0.2) is 66.2 Å². The fourth-order valence-corrected chi connectivity index (χ4v) is 3.95. The van der Waals surface area contributed by atoms with Gasteiger partial charge >= 0.3 is 5.97 Å². The van der Waals surface area contributed by atoms with Gasteiger partial charge in [-0.15, -0.1) is 0 Å². The van der Waals surface area contributed by atoms with Gasteiger partial charge in [0.1, 0.15) is 17.8 Å². The van der Waals surface area contributed by atoms with Crippen LogP contribution in [0.3, 0.4) is 0 Å². The van der Waals surface area contributed by atoms with Crippen LogP contribution in [0.5, 0.6) is 0 Å². The number of hydrogen-bond donors (Lipinski definition) is 1. The van der Waals surface area contributed by atoms with Crippen LogP contribution in [0.25, 0.3) is 11.0 Å². The summed E-state index contributed by atoms with van der Waals surface area (Å²) in [5.41, 5.74) is 0.877. The Bertz CT molecular complexity index is 718. The van der Waals surface area contributed by atoms with Gasteiger partial charge < -0.3 is 14.6 Å². The lowest BCUT2D eigenvalue weighted by atomic mass is 10.2. The highest BCUT2D eigenvalue weighted by Crippen LogP contribution is 2.52. The normalized spacial score (nSPS) is 26.3. The predicted octanol–water partition coefficient (Wildman–Crippen LogP) is 0.745. The molecule has 0 aromatic carbocycles. The zero-order valence-electron chi connectivity index (χ0n) is 13.4. The Kier molecular flexibility index (Phi) is 3.45. The quantitative estimate of drug-likeness (QED) is 0.821. The summed E-state index contributed by atoms with van der Waals surface area (Å²) >= 11 is 0. The van der Waals surface area contributed by atoms with E-state index in [1.165, 1.54) is 7.11 Å². The molecule has 2 aromatic heterocycles. The number of likely N-dealkylation sites (tertiary alicyclic amines) is 1. The number of aromatic nitrogens is 3. The topological polar surface area (TPSA) is 74.3 Å². The lowest BCUT2D eigenvalue weighted by Gasteiger charge is -2.22. The molecule has 7 nitrogen and oxygen atoms in total. The van der Waals surface area contributed by atoms with E-state index in [9.17, 15) is 4.79 Å². The first kappa shape index (κ1) is 14.4. The molecule has 1 aliphatic heterocycles. The van der Waals surface area contributed by atoms with Crippen molar-refractivity contribution in [2.24, 2.45) is 17.8 Å². The van der Waals surface area contributed by atoms with Crippen molar-refractivity contribution in [3.05, 3.63) is 18.6 Å². The summed E-state index contributed by atoms with van der Waals surface area (Å²) in [4.78, 5) is 27.6. The Balaban J connectivity index is 1.36. The molecule has 2 aromatic rings. The summed E-state index contributed by atoms with van der Waals surface area (Å²) in [5, 5.41) is 1.06. The van der Waals surface area contributed by atoms with Gasteiger partial charge in [-0.25, -0.2) is 9.97 Å². The van der Waals surface area contributed by atoms with Gasteiger partial charge in [0, 0.05) is 32.9 Å². The Labute approximate surface area is 134 Å². The van der Waals surface area contributed by atoms with E-state index in [0.29, 0.717) is 24.3 Å². The molecular weight excluding hydrogens is 294 g/mol. The fourth-order valence-electron chi connectivity index (χ4n) is 3.95. The molecular formula is C16H21N5O2. The standard InChI is InChI=1S/C16H21N5O2/c1-20(16-10-3-4-17-15(10)18-9-19-16)5-11-12-6-21(7-13(11)12)8-14(22)23-2/h3-4,9,11-13H,5-8H2,1-2H3,(H,17,18,19)/t11-,12-,13?/m1/s1. The maximum atomic E-state index is 11.3. The van der Waals surface area contributed by atoms with Crippen molar-refractivity contribution in [3.8, 4) is 0 Å². The molecule has 122 valence electrons. The van der Waals surface area contributed by atoms with Crippen LogP contribution in [0.1, 0.15) is 0 Å². The SMILES string of the molecule is COC(=O)CN1CC2[C@H](C1)[C@H]2CN(C)c1ncnc2[nH]ccc12. The van der Waals surface area contributed by atoms with Crippen LogP contribution >= 0.6 is 0 Å². The van der Waals surface area contributed by atoms with Gasteiger partial charge in [0.25, 0.3) is 0 Å². The third-order valence-corrected chi connectivity index (χ3v) is 5.21. The molecule has 7 heteroatoms. The van der Waals surface area contributed by atoms with E-state index in [-0.39, 0.29) is 5.97 Å². The first-order valence-corrected chi connectivity index (χ1v) is 7.95. The molecule has 0 spiro atoms. The molecule has 0 amide bonds. The van der Waals surface area contributed by atoms with Crippen molar-refractivity contribution in [2.75, 3.05) is 45.2 Å². The maximum absolute atomic E-state index is 11.3. The van der Waals surface area contributed by atoms with E-state index < -0.39 is 0 Å². The minimum Gasteiger partial charge on any atom is -0.468 e. The number of esters is 1. The van der Waals surface area contributed by atoms with Gasteiger partial charge in [-0.05, 0) is 23.8 Å². The molecule has 4 rings (SSSR count). The van der Waals surface area contributed by atoms with Crippen molar-refractivity contribution in [1.29, 1.82) is 0 Å². The van der Waals surface area contributed by atoms with E-state index in [4.69, 9.17) is 4.74 Å². The summed E-state index contributed by atoms with van der Waals surface area (Å²) in [6.07, 6.45) is 3.50. The van der Waals surface area contributed by atoms with E-state index >= 15 is 0 Å². The highest BCUT2D eigenvalue weighted by Gasteiger charge is 2.55. The molecule has 1 N–H and O–H groups in total. The van der Waals surface area contributed by atoms with Crippen LogP contribution in [-0.2, 0) is 9.53 Å². The monoisotopic (exact) mass is 315 g/mol. The number of aromatic amines is 1. The van der Waals surface area contributed by atoms with Crippen molar-refractivity contribution >= 4 is 22.8 Å². The Hall–Kier alpha value is -2.15. The number of piperidine rings is 1. The third-order valence-electron chi connectivity index (χ3n) is 5.21. The van der Waals surface area contributed by atoms with Crippen LogP contribution < -0.4 is 4.90 Å². The van der Waals surface area contributed by atoms with Crippen LogP contribution in [0, 0.1) is 17.8 Å². The highest BCUT2D eigenvalue weighted by molar-refractivity contribution is 5.87. The molecule has 23 heavy (non-hydrogen) atoms. The number of carbonyl (C=O) groups excluding carboxylic acids is 1. The van der Waals surface area contributed by atoms with Crippen LogP contribution in [0.2, 0.25) is 0 Å². The van der Waals surface area contributed by atoms with E-state index in [2.05, 4.69) is 31.8 Å². The lowest BCUT2D eigenvalue weighted by molar-refractivity contribution is -0.141. The molecule has 1 aliphatic carbocycles. The minimum atomic E-state index is -0.143. The lowest BCUT2D eigenvalue weighted by Crippen LogP contribution is -2.33. The summed E-state index contributed by atoms with van der Waals surface area (Å²) in [5.74, 6) is 2.93. The van der Waals surface area contributed by atoms with Crippen LogP contribution in [0.15, 0.2) is 18.6 Å². The Morgan fingerprint density at radius 2 is 2.22 bits per heavy atom. The number of anilines is 1. The molecule has 1 unspecified atom stereocenters. The number of ether oxygens (including phenoxy) is 1. The molecule has 3 atom stereocenters. The highest BCUT2D eigenvalue weighted by atomic mass is 16.5. The number of carbonyl (C=O) groups is 1. The number of hydrogen-bond acceptors (Lipinski definition) is 6. The zero-order chi connectivity index (χ0) is 16.0. The van der Waals surface area contributed by atoms with Gasteiger partial charge in [-0.3, -0.25) is 9.69 Å². The number of fused-ring (bicyclic) bond motifs is 2. The third kappa shape index (κ3) is 2.55. The van der Waals surface area contributed by atoms with Gasteiger partial charge in [-0.2, -0.15) is 0 Å². The van der Waals surface area contributed by atoms with Gasteiger partial charge in [-0.1, -0.05) is 0 Å². The molecule has 2 fully saturated rings. The average Bonchev–Trinajstić information content (AvgIpc) is 2.97. The first-order valence-electron chi connectivity index (χ1n) is 7.95. The maximum Gasteiger partial charge on any atom is 0.319 e. The second kappa shape index (κ2) is 5.49. The van der Waals surface area contributed by atoms with Gasteiger partial charge in [0.2, 0.25) is 0 Å². The van der Waals surface area contributed by atoms with Crippen molar-refractivity contribution in [3.63, 3.8) is 0 Å². The number of nitrogens with zero attached hydrogens (tertiary/aromatic N) is 4. The Morgan fingerprint density at radius 1 is 1.43 bits per heavy atom. The smallest absolute Gasteiger partial charge is 0.319 e. The summed E-state index contributed by atoms with van der Waals surface area (Å²) in [7, 11) is 3.54. The molecule has 1 saturated heterocycles. The minimum absolute atomic E-state index is 0.143. The van der Waals surface area contributed by atoms with E-state index in [1.807, 2.05) is 12.3 Å². The van der Waals surface area contributed by atoms with Crippen LogP contribution in [0.4, 0.5) is 5.82 Å². The summed E-state index contributed by atoms with van der Waals surface area (Å²) in [6, 6.07) is 2.02. The molecule has 2 aliphatic rings. The van der Waals surface area contributed by atoms with Gasteiger partial charge in [0.15, 0.2) is 0 Å². The largest absolute Gasteiger partial charge is 0.468 e. The number of nitrogens with one attached hydrogen (secondary N) is 1. The number of methoxy groups -OCH3 is 1. The predicted molar refractivity (Wildman–Crippen MR) is 86.1 cm³/mol. The van der Waals surface area contributed by atoms with Crippen molar-refractivity contribution < 1.29 is 9.53 Å². The molecule has 0 bridgehead atoms. The van der Waals surface area contributed by atoms with Crippen molar-refractivity contribution in [1.82, 2.24) is 19.9 Å². The number of rotatable bonds is 5. The first-order chi connectivity index (χ1) is 11.2.